The van der Waals surface area contributed by atoms with Gasteiger partial charge in [0.25, 0.3) is 0 Å². The second kappa shape index (κ2) is 8.17. The summed E-state index contributed by atoms with van der Waals surface area (Å²) in [5.41, 5.74) is 0.630. The van der Waals surface area contributed by atoms with Crippen molar-refractivity contribution >= 4 is 42.1 Å². The van der Waals surface area contributed by atoms with Crippen LogP contribution in [0.25, 0.3) is 0 Å². The standard InChI is InChI=1S/C13H21N3OS.2ClH/c1-9-11(18-10(2)16-9)8-14-12(17)13(3)6-4-5-7-15-13;;/h15H,4-8H2,1-3H3,(H,14,17);2*1H. The van der Waals surface area contributed by atoms with E-state index < -0.39 is 5.54 Å². The Hall–Kier alpha value is -0.360. The normalized spacial score (nSPS) is 21.6. The molecule has 2 heterocycles. The van der Waals surface area contributed by atoms with Gasteiger partial charge in [-0.2, -0.15) is 0 Å². The van der Waals surface area contributed by atoms with Crippen molar-refractivity contribution in [1.82, 2.24) is 15.6 Å². The summed E-state index contributed by atoms with van der Waals surface area (Å²) < 4.78 is 0. The number of carbonyl (C=O) groups is 1. The van der Waals surface area contributed by atoms with Crippen molar-refractivity contribution in [2.75, 3.05) is 6.54 Å². The lowest BCUT2D eigenvalue weighted by Gasteiger charge is -2.33. The van der Waals surface area contributed by atoms with E-state index in [1.165, 1.54) is 0 Å². The molecule has 1 amide bonds. The Morgan fingerprint density at radius 3 is 2.60 bits per heavy atom. The number of aryl methyl sites for hydroxylation is 2. The van der Waals surface area contributed by atoms with Gasteiger partial charge in [-0.05, 0) is 46.6 Å². The fourth-order valence-electron chi connectivity index (χ4n) is 2.34. The third-order valence-electron chi connectivity index (χ3n) is 3.53. The predicted octanol–water partition coefficient (Wildman–Crippen LogP) is 2.75. The van der Waals surface area contributed by atoms with E-state index in [1.807, 2.05) is 20.8 Å². The lowest BCUT2D eigenvalue weighted by molar-refractivity contribution is -0.128. The zero-order valence-corrected chi connectivity index (χ0v) is 14.6. The third-order valence-corrected chi connectivity index (χ3v) is 4.60. The van der Waals surface area contributed by atoms with Crippen LogP contribution in [0.1, 0.15) is 41.8 Å². The maximum atomic E-state index is 12.2. The average molecular weight is 340 g/mol. The molecule has 0 spiro atoms. The van der Waals surface area contributed by atoms with Gasteiger partial charge in [-0.1, -0.05) is 0 Å². The van der Waals surface area contributed by atoms with Gasteiger partial charge in [-0.25, -0.2) is 4.98 Å². The lowest BCUT2D eigenvalue weighted by Crippen LogP contribution is -2.56. The smallest absolute Gasteiger partial charge is 0.240 e. The summed E-state index contributed by atoms with van der Waals surface area (Å²) in [6, 6.07) is 0. The zero-order valence-electron chi connectivity index (χ0n) is 12.1. The average Bonchev–Trinajstić information content (AvgIpc) is 2.65. The second-order valence-corrected chi connectivity index (χ2v) is 6.43. The van der Waals surface area contributed by atoms with Crippen LogP contribution < -0.4 is 10.6 Å². The van der Waals surface area contributed by atoms with Gasteiger partial charge < -0.3 is 10.6 Å². The zero-order chi connectivity index (χ0) is 13.2. The quantitative estimate of drug-likeness (QED) is 0.890. The highest BCUT2D eigenvalue weighted by Gasteiger charge is 2.33. The molecule has 2 N–H and O–H groups in total. The predicted molar refractivity (Wildman–Crippen MR) is 88.2 cm³/mol. The number of piperidine rings is 1. The minimum atomic E-state index is -0.397. The molecule has 1 aliphatic heterocycles. The minimum Gasteiger partial charge on any atom is -0.350 e. The molecule has 1 fully saturated rings. The van der Waals surface area contributed by atoms with Crippen molar-refractivity contribution in [3.8, 4) is 0 Å². The van der Waals surface area contributed by atoms with Gasteiger partial charge in [-0.15, -0.1) is 36.2 Å². The van der Waals surface area contributed by atoms with Crippen LogP contribution >= 0.6 is 36.2 Å². The molecule has 2 rings (SSSR count). The van der Waals surface area contributed by atoms with Crippen molar-refractivity contribution in [3.05, 3.63) is 15.6 Å². The van der Waals surface area contributed by atoms with E-state index >= 15 is 0 Å². The second-order valence-electron chi connectivity index (χ2n) is 5.14. The maximum absolute atomic E-state index is 12.2. The van der Waals surface area contributed by atoms with Gasteiger partial charge in [0.2, 0.25) is 5.91 Å². The van der Waals surface area contributed by atoms with Crippen LogP contribution in [0.2, 0.25) is 0 Å². The van der Waals surface area contributed by atoms with Crippen LogP contribution in [-0.2, 0) is 11.3 Å². The van der Waals surface area contributed by atoms with Crippen LogP contribution in [0.4, 0.5) is 0 Å². The maximum Gasteiger partial charge on any atom is 0.240 e. The van der Waals surface area contributed by atoms with Crippen molar-refractivity contribution in [2.24, 2.45) is 0 Å². The molecule has 7 heteroatoms. The first kappa shape index (κ1) is 19.6. The van der Waals surface area contributed by atoms with Crippen LogP contribution in [0.3, 0.4) is 0 Å². The summed E-state index contributed by atoms with van der Waals surface area (Å²) >= 11 is 1.66. The molecule has 0 aromatic carbocycles. The molecule has 1 aromatic heterocycles. The van der Waals surface area contributed by atoms with E-state index in [0.717, 1.165) is 41.4 Å². The Labute approximate surface area is 137 Å². The number of rotatable bonds is 3. The van der Waals surface area contributed by atoms with Gasteiger partial charge in [0, 0.05) is 4.88 Å². The Kier molecular flexibility index (Phi) is 8.03. The summed E-state index contributed by atoms with van der Waals surface area (Å²) in [5.74, 6) is 0.104. The Balaban J connectivity index is 0.00000180. The largest absolute Gasteiger partial charge is 0.350 e. The SMILES string of the molecule is Cc1nc(C)c(CNC(=O)C2(C)CCCCN2)s1.Cl.Cl. The molecule has 1 aromatic rings. The fraction of sp³-hybridized carbons (Fsp3) is 0.692. The van der Waals surface area contributed by atoms with Crippen molar-refractivity contribution < 1.29 is 4.79 Å². The molecular formula is C13H23Cl2N3OS. The third kappa shape index (κ3) is 4.58. The van der Waals surface area contributed by atoms with Gasteiger partial charge >= 0.3 is 0 Å². The Bertz CT molecular complexity index is 445. The summed E-state index contributed by atoms with van der Waals surface area (Å²) in [6.45, 7) is 7.50. The van der Waals surface area contributed by atoms with Crippen LogP contribution in [0, 0.1) is 13.8 Å². The van der Waals surface area contributed by atoms with E-state index in [0.29, 0.717) is 6.54 Å². The highest BCUT2D eigenvalue weighted by Crippen LogP contribution is 2.20. The first-order chi connectivity index (χ1) is 8.51. The van der Waals surface area contributed by atoms with Crippen LogP contribution in [-0.4, -0.2) is 23.0 Å². The number of halogens is 2. The topological polar surface area (TPSA) is 54.0 Å². The minimum absolute atomic E-state index is 0. The monoisotopic (exact) mass is 339 g/mol. The first-order valence-corrected chi connectivity index (χ1v) is 7.29. The number of thiazole rings is 1. The molecule has 116 valence electrons. The van der Waals surface area contributed by atoms with Crippen molar-refractivity contribution in [2.45, 2.75) is 52.1 Å². The summed E-state index contributed by atoms with van der Waals surface area (Å²) in [4.78, 5) is 17.7. The molecular weight excluding hydrogens is 317 g/mol. The van der Waals surface area contributed by atoms with Crippen molar-refractivity contribution in [3.63, 3.8) is 0 Å². The molecule has 4 nitrogen and oxygen atoms in total. The molecule has 1 saturated heterocycles. The number of nitrogens with one attached hydrogen (secondary N) is 2. The molecule has 1 aliphatic rings. The number of hydrogen-bond acceptors (Lipinski definition) is 4. The highest BCUT2D eigenvalue weighted by molar-refractivity contribution is 7.11. The first-order valence-electron chi connectivity index (χ1n) is 6.47. The Morgan fingerprint density at radius 1 is 1.40 bits per heavy atom. The van der Waals surface area contributed by atoms with E-state index in [-0.39, 0.29) is 30.7 Å². The number of nitrogens with zero attached hydrogens (tertiary/aromatic N) is 1. The number of amides is 1. The summed E-state index contributed by atoms with van der Waals surface area (Å²) in [7, 11) is 0. The lowest BCUT2D eigenvalue weighted by atomic mass is 9.90. The van der Waals surface area contributed by atoms with Crippen LogP contribution in [0.5, 0.6) is 0 Å². The number of aromatic nitrogens is 1. The van der Waals surface area contributed by atoms with Gasteiger partial charge in [0.15, 0.2) is 0 Å². The number of hydrogen-bond donors (Lipinski definition) is 2. The molecule has 0 bridgehead atoms. The molecule has 1 atom stereocenters. The van der Waals surface area contributed by atoms with E-state index in [2.05, 4.69) is 15.6 Å². The summed E-state index contributed by atoms with van der Waals surface area (Å²) in [6.07, 6.45) is 3.20. The molecule has 0 radical (unpaired) electrons. The van der Waals surface area contributed by atoms with Gasteiger partial charge in [0.05, 0.1) is 22.8 Å². The van der Waals surface area contributed by atoms with Crippen molar-refractivity contribution in [1.29, 1.82) is 0 Å². The summed E-state index contributed by atoms with van der Waals surface area (Å²) in [5, 5.41) is 7.41. The highest BCUT2D eigenvalue weighted by atomic mass is 35.5. The Morgan fingerprint density at radius 2 is 2.10 bits per heavy atom. The molecule has 0 aliphatic carbocycles. The van der Waals surface area contributed by atoms with Crippen LogP contribution in [0.15, 0.2) is 0 Å². The molecule has 1 unspecified atom stereocenters. The van der Waals surface area contributed by atoms with Gasteiger partial charge in [0.1, 0.15) is 0 Å². The van der Waals surface area contributed by atoms with E-state index in [1.54, 1.807) is 11.3 Å². The fourth-order valence-corrected chi connectivity index (χ4v) is 3.22. The molecule has 0 saturated carbocycles. The molecule has 20 heavy (non-hydrogen) atoms. The van der Waals surface area contributed by atoms with E-state index in [4.69, 9.17) is 0 Å². The van der Waals surface area contributed by atoms with E-state index in [9.17, 15) is 4.79 Å². The number of carbonyl (C=O) groups excluding carboxylic acids is 1. The van der Waals surface area contributed by atoms with Gasteiger partial charge in [-0.3, -0.25) is 4.79 Å².